The van der Waals surface area contributed by atoms with Crippen LogP contribution >= 0.6 is 27.5 Å². The van der Waals surface area contributed by atoms with Gasteiger partial charge in [0.05, 0.1) is 16.3 Å². The van der Waals surface area contributed by atoms with Crippen molar-refractivity contribution in [1.29, 1.82) is 0 Å². The first-order valence-electron chi connectivity index (χ1n) is 4.97. The van der Waals surface area contributed by atoms with E-state index in [4.69, 9.17) is 16.7 Å². The standard InChI is InChI=1S/C12H8BrClN2O2/c13-8-2-3-9(14)10(5-8)16-11-4-1-7(6-15-11)12(17)18/h1-6H,(H,15,16)(H,17,18). The number of carboxylic acids is 1. The number of nitrogens with one attached hydrogen (secondary N) is 1. The van der Waals surface area contributed by atoms with E-state index in [-0.39, 0.29) is 5.56 Å². The second kappa shape index (κ2) is 5.37. The van der Waals surface area contributed by atoms with Crippen molar-refractivity contribution < 1.29 is 9.90 Å². The molecule has 0 saturated heterocycles. The molecule has 6 heteroatoms. The lowest BCUT2D eigenvalue weighted by atomic mass is 10.3. The molecule has 1 heterocycles. The maximum Gasteiger partial charge on any atom is 0.337 e. The van der Waals surface area contributed by atoms with Gasteiger partial charge in [0.2, 0.25) is 0 Å². The molecule has 0 spiro atoms. The second-order valence-corrected chi connectivity index (χ2v) is 4.81. The molecular weight excluding hydrogens is 320 g/mol. The van der Waals surface area contributed by atoms with Crippen molar-refractivity contribution in [2.75, 3.05) is 5.32 Å². The SMILES string of the molecule is O=C(O)c1ccc(Nc2cc(Br)ccc2Cl)nc1. The minimum Gasteiger partial charge on any atom is -0.478 e. The van der Waals surface area contributed by atoms with Crippen molar-refractivity contribution in [3.05, 3.63) is 51.6 Å². The van der Waals surface area contributed by atoms with E-state index in [0.717, 1.165) is 4.47 Å². The minimum atomic E-state index is -1.01. The third-order valence-electron chi connectivity index (χ3n) is 2.20. The van der Waals surface area contributed by atoms with Gasteiger partial charge >= 0.3 is 5.97 Å². The molecule has 1 aromatic carbocycles. The fraction of sp³-hybridized carbons (Fsp3) is 0. The third kappa shape index (κ3) is 3.00. The Morgan fingerprint density at radius 1 is 1.33 bits per heavy atom. The Hall–Kier alpha value is -1.59. The summed E-state index contributed by atoms with van der Waals surface area (Å²) >= 11 is 9.37. The van der Waals surface area contributed by atoms with Gasteiger partial charge in [-0.1, -0.05) is 27.5 Å². The van der Waals surface area contributed by atoms with Gasteiger partial charge in [0.25, 0.3) is 0 Å². The molecular formula is C12H8BrClN2O2. The number of rotatable bonds is 3. The molecule has 0 unspecified atom stereocenters. The minimum absolute atomic E-state index is 0.140. The molecule has 0 aliphatic carbocycles. The van der Waals surface area contributed by atoms with E-state index in [2.05, 4.69) is 26.2 Å². The van der Waals surface area contributed by atoms with E-state index in [1.165, 1.54) is 12.3 Å². The van der Waals surface area contributed by atoms with Crippen LogP contribution in [0.15, 0.2) is 41.0 Å². The number of carbonyl (C=O) groups is 1. The predicted molar refractivity (Wildman–Crippen MR) is 73.6 cm³/mol. The Kier molecular flexibility index (Phi) is 3.84. The van der Waals surface area contributed by atoms with Crippen molar-refractivity contribution >= 4 is 45.0 Å². The fourth-order valence-corrected chi connectivity index (χ4v) is 1.85. The van der Waals surface area contributed by atoms with Crippen LogP contribution in [0.2, 0.25) is 5.02 Å². The van der Waals surface area contributed by atoms with Crippen LogP contribution in [0.25, 0.3) is 0 Å². The maximum atomic E-state index is 10.7. The summed E-state index contributed by atoms with van der Waals surface area (Å²) in [6.07, 6.45) is 1.29. The molecule has 1 aromatic heterocycles. The highest BCUT2D eigenvalue weighted by molar-refractivity contribution is 9.10. The van der Waals surface area contributed by atoms with Gasteiger partial charge in [0, 0.05) is 10.7 Å². The first-order valence-corrected chi connectivity index (χ1v) is 6.15. The summed E-state index contributed by atoms with van der Waals surface area (Å²) in [4.78, 5) is 14.7. The Labute approximate surface area is 117 Å². The topological polar surface area (TPSA) is 62.2 Å². The molecule has 0 saturated carbocycles. The lowest BCUT2D eigenvalue weighted by molar-refractivity contribution is 0.0696. The largest absolute Gasteiger partial charge is 0.478 e. The van der Waals surface area contributed by atoms with Gasteiger partial charge in [-0.05, 0) is 30.3 Å². The van der Waals surface area contributed by atoms with Crippen LogP contribution in [-0.4, -0.2) is 16.1 Å². The van der Waals surface area contributed by atoms with Crippen molar-refractivity contribution in [2.24, 2.45) is 0 Å². The van der Waals surface area contributed by atoms with Gasteiger partial charge in [-0.3, -0.25) is 0 Å². The van der Waals surface area contributed by atoms with Gasteiger partial charge in [-0.25, -0.2) is 9.78 Å². The summed E-state index contributed by atoms with van der Waals surface area (Å²) in [6, 6.07) is 8.45. The number of anilines is 2. The smallest absolute Gasteiger partial charge is 0.337 e. The number of aromatic carboxylic acids is 1. The molecule has 0 bridgehead atoms. The number of hydrogen-bond acceptors (Lipinski definition) is 3. The molecule has 0 radical (unpaired) electrons. The highest BCUT2D eigenvalue weighted by atomic mass is 79.9. The van der Waals surface area contributed by atoms with Crippen LogP contribution in [0.3, 0.4) is 0 Å². The molecule has 0 aliphatic heterocycles. The van der Waals surface area contributed by atoms with Gasteiger partial charge in [-0.2, -0.15) is 0 Å². The molecule has 0 fully saturated rings. The highest BCUT2D eigenvalue weighted by Crippen LogP contribution is 2.27. The van der Waals surface area contributed by atoms with Crippen LogP contribution in [0.1, 0.15) is 10.4 Å². The van der Waals surface area contributed by atoms with Crippen molar-refractivity contribution in [3.8, 4) is 0 Å². The fourth-order valence-electron chi connectivity index (χ4n) is 1.33. The third-order valence-corrected chi connectivity index (χ3v) is 3.02. The zero-order valence-corrected chi connectivity index (χ0v) is 11.4. The van der Waals surface area contributed by atoms with Crippen LogP contribution < -0.4 is 5.32 Å². The Bertz CT molecular complexity index is 587. The maximum absolute atomic E-state index is 10.7. The number of benzene rings is 1. The van der Waals surface area contributed by atoms with Gasteiger partial charge < -0.3 is 10.4 Å². The molecule has 2 aromatic rings. The second-order valence-electron chi connectivity index (χ2n) is 3.49. The van der Waals surface area contributed by atoms with E-state index in [9.17, 15) is 4.79 Å². The number of pyridine rings is 1. The molecule has 0 aliphatic rings. The molecule has 0 amide bonds. The normalized spacial score (nSPS) is 10.1. The number of hydrogen-bond donors (Lipinski definition) is 2. The summed E-state index contributed by atoms with van der Waals surface area (Å²) in [5, 5.41) is 12.3. The van der Waals surface area contributed by atoms with Crippen LogP contribution in [0.5, 0.6) is 0 Å². The zero-order valence-electron chi connectivity index (χ0n) is 9.02. The molecule has 2 N–H and O–H groups in total. The first-order chi connectivity index (χ1) is 8.56. The van der Waals surface area contributed by atoms with Crippen LogP contribution in [0.4, 0.5) is 11.5 Å². The zero-order chi connectivity index (χ0) is 13.1. The van der Waals surface area contributed by atoms with Crippen LogP contribution in [0, 0.1) is 0 Å². The number of carboxylic acid groups (broad SMARTS) is 1. The monoisotopic (exact) mass is 326 g/mol. The summed E-state index contributed by atoms with van der Waals surface area (Å²) in [7, 11) is 0. The average molecular weight is 328 g/mol. The summed E-state index contributed by atoms with van der Waals surface area (Å²) in [5.41, 5.74) is 0.836. The number of nitrogens with zero attached hydrogens (tertiary/aromatic N) is 1. The summed E-state index contributed by atoms with van der Waals surface area (Å²) < 4.78 is 0.886. The van der Waals surface area contributed by atoms with Crippen molar-refractivity contribution in [2.45, 2.75) is 0 Å². The molecule has 18 heavy (non-hydrogen) atoms. The molecule has 92 valence electrons. The van der Waals surface area contributed by atoms with Gasteiger partial charge in [-0.15, -0.1) is 0 Å². The lowest BCUT2D eigenvalue weighted by Gasteiger charge is -2.08. The van der Waals surface area contributed by atoms with Crippen molar-refractivity contribution in [1.82, 2.24) is 4.98 Å². The average Bonchev–Trinajstić information content (AvgIpc) is 2.34. The first kappa shape index (κ1) is 12.9. The number of aromatic nitrogens is 1. The Balaban J connectivity index is 2.23. The van der Waals surface area contributed by atoms with E-state index < -0.39 is 5.97 Å². The van der Waals surface area contributed by atoms with Crippen LogP contribution in [-0.2, 0) is 0 Å². The number of halogens is 2. The van der Waals surface area contributed by atoms with E-state index >= 15 is 0 Å². The lowest BCUT2D eigenvalue weighted by Crippen LogP contribution is -1.99. The Morgan fingerprint density at radius 2 is 2.11 bits per heavy atom. The highest BCUT2D eigenvalue weighted by Gasteiger charge is 2.05. The molecule has 0 atom stereocenters. The van der Waals surface area contributed by atoms with Crippen molar-refractivity contribution in [3.63, 3.8) is 0 Å². The summed E-state index contributed by atoms with van der Waals surface area (Å²) in [6.45, 7) is 0. The molecule has 2 rings (SSSR count). The molecule has 4 nitrogen and oxygen atoms in total. The van der Waals surface area contributed by atoms with E-state index in [0.29, 0.717) is 16.5 Å². The van der Waals surface area contributed by atoms with E-state index in [1.807, 2.05) is 12.1 Å². The quantitative estimate of drug-likeness (QED) is 0.896. The van der Waals surface area contributed by atoms with Gasteiger partial charge in [0.1, 0.15) is 5.82 Å². The predicted octanol–water partition coefficient (Wildman–Crippen LogP) is 3.94. The van der Waals surface area contributed by atoms with Gasteiger partial charge in [0.15, 0.2) is 0 Å². The van der Waals surface area contributed by atoms with E-state index in [1.54, 1.807) is 12.1 Å². The Morgan fingerprint density at radius 3 is 2.72 bits per heavy atom. The summed E-state index contributed by atoms with van der Waals surface area (Å²) in [5.74, 6) is -0.477.